The maximum absolute atomic E-state index is 12.7. The Morgan fingerprint density at radius 2 is 2.05 bits per heavy atom. The van der Waals surface area contributed by atoms with Gasteiger partial charge in [-0.25, -0.2) is 0 Å². The average Bonchev–Trinajstić information content (AvgIpc) is 2.30. The number of rotatable bonds is 2. The highest BCUT2D eigenvalue weighted by molar-refractivity contribution is 6.30. The molecule has 2 nitrogen and oxygen atoms in total. The molecule has 1 aromatic rings. The van der Waals surface area contributed by atoms with Crippen LogP contribution in [0.25, 0.3) is 0 Å². The molecule has 0 aliphatic carbocycles. The minimum absolute atomic E-state index is 0. The monoisotopic (exact) mass is 328 g/mol. The van der Waals surface area contributed by atoms with Crippen molar-refractivity contribution in [1.82, 2.24) is 10.2 Å². The van der Waals surface area contributed by atoms with Gasteiger partial charge < -0.3 is 5.32 Å². The smallest absolute Gasteiger partial charge is 0.314 e. The number of nitrogens with zero attached hydrogens (tertiary/aromatic N) is 1. The number of hydrogen-bond donors (Lipinski definition) is 1. The molecule has 1 heterocycles. The van der Waals surface area contributed by atoms with Crippen molar-refractivity contribution in [2.45, 2.75) is 25.7 Å². The highest BCUT2D eigenvalue weighted by atomic mass is 35.5. The van der Waals surface area contributed by atoms with Crippen molar-refractivity contribution in [3.63, 3.8) is 0 Å². The number of alkyl halides is 3. The topological polar surface area (TPSA) is 15.3 Å². The lowest BCUT2D eigenvalue weighted by molar-refractivity contribution is -0.137. The molecule has 1 fully saturated rings. The molecule has 1 aliphatic heterocycles. The van der Waals surface area contributed by atoms with Crippen molar-refractivity contribution in [1.29, 1.82) is 0 Å². The number of piperazine rings is 1. The fourth-order valence-corrected chi connectivity index (χ4v) is 2.52. The van der Waals surface area contributed by atoms with Crippen LogP contribution in [0.2, 0.25) is 5.02 Å². The maximum Gasteiger partial charge on any atom is 0.416 e. The van der Waals surface area contributed by atoms with E-state index >= 15 is 0 Å². The van der Waals surface area contributed by atoms with Gasteiger partial charge in [-0.2, -0.15) is 13.2 Å². The van der Waals surface area contributed by atoms with Crippen molar-refractivity contribution in [3.05, 3.63) is 34.3 Å². The summed E-state index contributed by atoms with van der Waals surface area (Å²) in [5.41, 5.74) is -0.0774. The molecule has 0 aromatic heterocycles. The van der Waals surface area contributed by atoms with E-state index in [1.54, 1.807) is 6.07 Å². The second kappa shape index (κ2) is 6.98. The summed E-state index contributed by atoms with van der Waals surface area (Å²) in [6.07, 6.45) is -4.35. The van der Waals surface area contributed by atoms with Crippen molar-refractivity contribution < 1.29 is 13.2 Å². The molecule has 1 aliphatic rings. The Hall–Kier alpha value is -0.490. The minimum Gasteiger partial charge on any atom is -0.314 e. The van der Waals surface area contributed by atoms with Gasteiger partial charge in [-0.15, -0.1) is 12.4 Å². The molecule has 114 valence electrons. The average molecular weight is 329 g/mol. The summed E-state index contributed by atoms with van der Waals surface area (Å²) in [7, 11) is 0. The van der Waals surface area contributed by atoms with Gasteiger partial charge in [-0.3, -0.25) is 4.90 Å². The van der Waals surface area contributed by atoms with Crippen LogP contribution in [0.1, 0.15) is 18.1 Å². The van der Waals surface area contributed by atoms with Gasteiger partial charge >= 0.3 is 6.18 Å². The lowest BCUT2D eigenvalue weighted by atomic mass is 10.1. The molecule has 1 unspecified atom stereocenters. The lowest BCUT2D eigenvalue weighted by Gasteiger charge is -2.34. The van der Waals surface area contributed by atoms with Crippen LogP contribution in [-0.4, -0.2) is 30.6 Å². The highest BCUT2D eigenvalue weighted by Crippen LogP contribution is 2.32. The number of halogens is 5. The van der Waals surface area contributed by atoms with Gasteiger partial charge in [0.1, 0.15) is 0 Å². The van der Waals surface area contributed by atoms with Gasteiger partial charge in [0, 0.05) is 37.2 Å². The van der Waals surface area contributed by atoms with E-state index in [4.69, 9.17) is 11.6 Å². The Morgan fingerprint density at radius 3 is 2.65 bits per heavy atom. The van der Waals surface area contributed by atoms with E-state index in [9.17, 15) is 13.2 Å². The molecular weight excluding hydrogens is 312 g/mol. The van der Waals surface area contributed by atoms with Crippen LogP contribution in [0.4, 0.5) is 13.2 Å². The fourth-order valence-electron chi connectivity index (χ4n) is 2.26. The summed E-state index contributed by atoms with van der Waals surface area (Å²) in [6.45, 7) is 5.09. The SMILES string of the molecule is CC1CNCCN1Cc1cc(Cl)cc(C(F)(F)F)c1.Cl. The zero-order chi connectivity index (χ0) is 14.0. The van der Waals surface area contributed by atoms with Gasteiger partial charge in [0.05, 0.1) is 5.56 Å². The zero-order valence-corrected chi connectivity index (χ0v) is 12.6. The third-order valence-electron chi connectivity index (χ3n) is 3.31. The molecule has 0 radical (unpaired) electrons. The minimum atomic E-state index is -4.35. The summed E-state index contributed by atoms with van der Waals surface area (Å²) in [4.78, 5) is 2.16. The Kier molecular flexibility index (Phi) is 6.13. The number of nitrogens with one attached hydrogen (secondary N) is 1. The molecule has 0 bridgehead atoms. The van der Waals surface area contributed by atoms with Crippen molar-refractivity contribution in [3.8, 4) is 0 Å². The van der Waals surface area contributed by atoms with Crippen molar-refractivity contribution in [2.75, 3.05) is 19.6 Å². The van der Waals surface area contributed by atoms with E-state index in [2.05, 4.69) is 17.1 Å². The molecule has 1 atom stereocenters. The van der Waals surface area contributed by atoms with Gasteiger partial charge in [-0.05, 0) is 30.7 Å². The van der Waals surface area contributed by atoms with Crippen LogP contribution < -0.4 is 5.32 Å². The molecule has 1 saturated heterocycles. The van der Waals surface area contributed by atoms with Gasteiger partial charge in [0.25, 0.3) is 0 Å². The first kappa shape index (κ1) is 17.6. The second-order valence-corrected chi connectivity index (χ2v) is 5.31. The van der Waals surface area contributed by atoms with E-state index in [1.807, 2.05) is 0 Å². The Morgan fingerprint density at radius 1 is 1.35 bits per heavy atom. The molecule has 0 saturated carbocycles. The van der Waals surface area contributed by atoms with E-state index in [0.717, 1.165) is 25.7 Å². The molecule has 0 amide bonds. The van der Waals surface area contributed by atoms with Gasteiger partial charge in [-0.1, -0.05) is 11.6 Å². The van der Waals surface area contributed by atoms with Gasteiger partial charge in [0.2, 0.25) is 0 Å². The first-order valence-corrected chi connectivity index (χ1v) is 6.55. The third-order valence-corrected chi connectivity index (χ3v) is 3.53. The predicted molar refractivity (Wildman–Crippen MR) is 76.4 cm³/mol. The summed E-state index contributed by atoms with van der Waals surface area (Å²) in [5, 5.41) is 3.38. The Bertz CT molecular complexity index is 452. The molecular formula is C13H17Cl2F3N2. The summed E-state index contributed by atoms with van der Waals surface area (Å²) in [5.74, 6) is 0. The second-order valence-electron chi connectivity index (χ2n) is 4.87. The largest absolute Gasteiger partial charge is 0.416 e. The van der Waals surface area contributed by atoms with Crippen LogP contribution in [-0.2, 0) is 12.7 Å². The maximum atomic E-state index is 12.7. The number of hydrogen-bond acceptors (Lipinski definition) is 2. The predicted octanol–water partition coefficient (Wildman–Crippen LogP) is 3.57. The first-order chi connectivity index (χ1) is 8.86. The molecule has 1 N–H and O–H groups in total. The van der Waals surface area contributed by atoms with Crippen LogP contribution in [0.3, 0.4) is 0 Å². The molecule has 2 rings (SSSR count). The summed E-state index contributed by atoms with van der Waals surface area (Å²) < 4.78 is 38.2. The fraction of sp³-hybridized carbons (Fsp3) is 0.538. The first-order valence-electron chi connectivity index (χ1n) is 6.17. The zero-order valence-electron chi connectivity index (χ0n) is 11.0. The van der Waals surface area contributed by atoms with Crippen LogP contribution in [0.5, 0.6) is 0 Å². The molecule has 0 spiro atoms. The van der Waals surface area contributed by atoms with Crippen LogP contribution in [0.15, 0.2) is 18.2 Å². The third kappa shape index (κ3) is 4.52. The van der Waals surface area contributed by atoms with E-state index < -0.39 is 11.7 Å². The van der Waals surface area contributed by atoms with E-state index in [1.165, 1.54) is 6.07 Å². The normalized spacial score (nSPS) is 20.6. The molecule has 1 aromatic carbocycles. The van der Waals surface area contributed by atoms with E-state index in [-0.39, 0.29) is 17.4 Å². The van der Waals surface area contributed by atoms with Crippen molar-refractivity contribution in [2.24, 2.45) is 0 Å². The highest BCUT2D eigenvalue weighted by Gasteiger charge is 2.31. The summed E-state index contributed by atoms with van der Waals surface area (Å²) >= 11 is 5.78. The summed E-state index contributed by atoms with van der Waals surface area (Å²) in [6, 6.07) is 4.06. The standard InChI is InChI=1S/C13H16ClF3N2.ClH/c1-9-7-18-2-3-19(9)8-10-4-11(13(15,16)17)6-12(14)5-10;/h4-6,9,18H,2-3,7-8H2,1H3;1H. The Balaban J connectivity index is 0.00000200. The lowest BCUT2D eigenvalue weighted by Crippen LogP contribution is -2.49. The Labute approximate surface area is 127 Å². The van der Waals surface area contributed by atoms with Crippen molar-refractivity contribution >= 4 is 24.0 Å². The van der Waals surface area contributed by atoms with Crippen LogP contribution >= 0.6 is 24.0 Å². The van der Waals surface area contributed by atoms with Crippen LogP contribution in [0, 0.1) is 0 Å². The molecule has 20 heavy (non-hydrogen) atoms. The van der Waals surface area contributed by atoms with E-state index in [0.29, 0.717) is 18.2 Å². The number of benzene rings is 1. The van der Waals surface area contributed by atoms with Gasteiger partial charge in [0.15, 0.2) is 0 Å². The quantitative estimate of drug-likeness (QED) is 0.892. The molecule has 7 heteroatoms.